The van der Waals surface area contributed by atoms with Gasteiger partial charge in [-0.1, -0.05) is 25.2 Å². The molecule has 0 fully saturated rings. The molecule has 0 aliphatic carbocycles. The van der Waals surface area contributed by atoms with Gasteiger partial charge in [-0.3, -0.25) is 0 Å². The molecule has 1 unspecified atom stereocenters. The molecule has 0 aliphatic rings. The third kappa shape index (κ3) is 3.10. The van der Waals surface area contributed by atoms with Crippen molar-refractivity contribution in [2.75, 3.05) is 7.05 Å². The van der Waals surface area contributed by atoms with Gasteiger partial charge >= 0.3 is 0 Å². The highest BCUT2D eigenvalue weighted by Crippen LogP contribution is 2.23. The monoisotopic (exact) mass is 304 g/mol. The van der Waals surface area contributed by atoms with E-state index in [4.69, 9.17) is 18.0 Å². The molecular formula is C12H17FN2O2S2. The Bertz CT molecular complexity index is 587. The van der Waals surface area contributed by atoms with Crippen molar-refractivity contribution in [2.24, 2.45) is 5.73 Å². The van der Waals surface area contributed by atoms with Gasteiger partial charge < -0.3 is 5.73 Å². The second-order valence-corrected chi connectivity index (χ2v) is 6.66. The van der Waals surface area contributed by atoms with Crippen molar-refractivity contribution in [3.63, 3.8) is 0 Å². The summed E-state index contributed by atoms with van der Waals surface area (Å²) >= 11 is 4.74. The minimum absolute atomic E-state index is 0.192. The van der Waals surface area contributed by atoms with E-state index < -0.39 is 15.8 Å². The highest BCUT2D eigenvalue weighted by Gasteiger charge is 2.29. The van der Waals surface area contributed by atoms with Crippen LogP contribution in [0.3, 0.4) is 0 Å². The van der Waals surface area contributed by atoms with Crippen LogP contribution in [0.2, 0.25) is 0 Å². The number of nitrogens with zero attached hydrogens (tertiary/aromatic N) is 1. The first-order valence-electron chi connectivity index (χ1n) is 5.79. The van der Waals surface area contributed by atoms with Gasteiger partial charge in [-0.15, -0.1) is 0 Å². The molecule has 0 spiro atoms. The normalized spacial score (nSPS) is 13.5. The van der Waals surface area contributed by atoms with Crippen LogP contribution < -0.4 is 5.73 Å². The number of nitrogens with two attached hydrogens (primary N) is 1. The van der Waals surface area contributed by atoms with Crippen molar-refractivity contribution in [3.05, 3.63) is 29.6 Å². The van der Waals surface area contributed by atoms with Crippen LogP contribution >= 0.6 is 12.2 Å². The smallest absolute Gasteiger partial charge is 0.243 e. The zero-order valence-electron chi connectivity index (χ0n) is 11.1. The molecule has 0 heterocycles. The molecule has 0 radical (unpaired) electrons. The third-order valence-electron chi connectivity index (χ3n) is 3.09. The molecule has 4 nitrogen and oxygen atoms in total. The molecule has 0 saturated carbocycles. The lowest BCUT2D eigenvalue weighted by Crippen LogP contribution is -2.36. The van der Waals surface area contributed by atoms with Crippen LogP contribution in [0, 0.1) is 5.82 Å². The zero-order valence-corrected chi connectivity index (χ0v) is 12.7. The maximum Gasteiger partial charge on any atom is 0.243 e. The predicted octanol–water partition coefficient (Wildman–Crippen LogP) is 1.88. The number of rotatable bonds is 5. The highest BCUT2D eigenvalue weighted by molar-refractivity contribution is 7.89. The van der Waals surface area contributed by atoms with Crippen LogP contribution in [0.25, 0.3) is 0 Å². The Kier molecular flexibility index (Phi) is 5.00. The van der Waals surface area contributed by atoms with E-state index in [0.717, 1.165) is 6.07 Å². The fourth-order valence-electron chi connectivity index (χ4n) is 1.61. The van der Waals surface area contributed by atoms with Gasteiger partial charge in [0.1, 0.15) is 10.8 Å². The number of sulfonamides is 1. The van der Waals surface area contributed by atoms with E-state index in [-0.39, 0.29) is 21.5 Å². The first kappa shape index (κ1) is 16.0. The zero-order chi connectivity index (χ0) is 14.8. The highest BCUT2D eigenvalue weighted by atomic mass is 32.2. The Labute approximate surface area is 118 Å². The van der Waals surface area contributed by atoms with Gasteiger partial charge in [-0.25, -0.2) is 12.8 Å². The fourth-order valence-corrected chi connectivity index (χ4v) is 3.53. The van der Waals surface area contributed by atoms with Crippen molar-refractivity contribution >= 4 is 27.2 Å². The molecule has 106 valence electrons. The molecule has 1 aromatic carbocycles. The molecule has 0 saturated heterocycles. The average Bonchev–Trinajstić information content (AvgIpc) is 2.35. The van der Waals surface area contributed by atoms with Crippen LogP contribution in [-0.4, -0.2) is 30.8 Å². The second-order valence-electron chi connectivity index (χ2n) is 4.26. The van der Waals surface area contributed by atoms with Crippen LogP contribution in [0.5, 0.6) is 0 Å². The summed E-state index contributed by atoms with van der Waals surface area (Å²) in [5, 5.41) is 0. The first-order chi connectivity index (χ1) is 8.73. The number of halogens is 1. The minimum Gasteiger partial charge on any atom is -0.389 e. The Morgan fingerprint density at radius 3 is 2.58 bits per heavy atom. The van der Waals surface area contributed by atoms with E-state index >= 15 is 0 Å². The molecule has 1 aromatic rings. The van der Waals surface area contributed by atoms with E-state index in [2.05, 4.69) is 0 Å². The van der Waals surface area contributed by atoms with Gasteiger partial charge in [-0.2, -0.15) is 4.31 Å². The lowest BCUT2D eigenvalue weighted by Gasteiger charge is -2.24. The molecule has 2 N–H and O–H groups in total. The maximum atomic E-state index is 13.7. The molecular weight excluding hydrogens is 287 g/mol. The third-order valence-corrected chi connectivity index (χ3v) is 5.31. The number of hydrogen-bond donors (Lipinski definition) is 1. The molecule has 1 atom stereocenters. The Morgan fingerprint density at radius 2 is 2.11 bits per heavy atom. The Balaban J connectivity index is 3.46. The molecule has 1 rings (SSSR count). The van der Waals surface area contributed by atoms with Crippen molar-refractivity contribution in [1.82, 2.24) is 4.31 Å². The molecule has 19 heavy (non-hydrogen) atoms. The van der Waals surface area contributed by atoms with Gasteiger partial charge in [0.25, 0.3) is 0 Å². The molecule has 0 bridgehead atoms. The van der Waals surface area contributed by atoms with E-state index in [0.29, 0.717) is 6.42 Å². The summed E-state index contributed by atoms with van der Waals surface area (Å²) < 4.78 is 39.8. The molecule has 0 aromatic heterocycles. The largest absolute Gasteiger partial charge is 0.389 e. The van der Waals surface area contributed by atoms with E-state index in [1.807, 2.05) is 6.92 Å². The summed E-state index contributed by atoms with van der Waals surface area (Å²) in [6.07, 6.45) is 0.646. The number of hydrogen-bond acceptors (Lipinski definition) is 3. The molecule has 0 aliphatic heterocycles. The van der Waals surface area contributed by atoms with Crippen molar-refractivity contribution in [2.45, 2.75) is 31.2 Å². The van der Waals surface area contributed by atoms with Gasteiger partial charge in [0.2, 0.25) is 10.0 Å². The van der Waals surface area contributed by atoms with E-state index in [1.165, 1.54) is 23.5 Å². The first-order valence-corrected chi connectivity index (χ1v) is 7.64. The maximum absolute atomic E-state index is 13.7. The standard InChI is InChI=1S/C12H17FN2O2S2/c1-4-8(2)15(3)19(16,17)10-7-5-6-9(13)11(10)12(14)18/h5-8H,4H2,1-3H3,(H2,14,18). The topological polar surface area (TPSA) is 63.4 Å². The summed E-state index contributed by atoms with van der Waals surface area (Å²) in [5.74, 6) is -0.730. The predicted molar refractivity (Wildman–Crippen MR) is 77.0 cm³/mol. The van der Waals surface area contributed by atoms with Gasteiger partial charge in [0, 0.05) is 13.1 Å². The van der Waals surface area contributed by atoms with Gasteiger partial charge in [0.05, 0.1) is 10.5 Å². The summed E-state index contributed by atoms with van der Waals surface area (Å²) in [6, 6.07) is 3.57. The van der Waals surface area contributed by atoms with Crippen LogP contribution in [0.15, 0.2) is 23.1 Å². The van der Waals surface area contributed by atoms with Crippen molar-refractivity contribution < 1.29 is 12.8 Å². The van der Waals surface area contributed by atoms with Gasteiger partial charge in [0.15, 0.2) is 0 Å². The van der Waals surface area contributed by atoms with Crippen molar-refractivity contribution in [3.8, 4) is 0 Å². The Hall–Kier alpha value is -1.05. The Morgan fingerprint density at radius 1 is 1.53 bits per heavy atom. The minimum atomic E-state index is -3.82. The average molecular weight is 304 g/mol. The quantitative estimate of drug-likeness (QED) is 0.844. The summed E-state index contributed by atoms with van der Waals surface area (Å²) in [6.45, 7) is 3.65. The number of thiocarbonyl (C=S) groups is 1. The summed E-state index contributed by atoms with van der Waals surface area (Å²) in [5.41, 5.74) is 5.20. The summed E-state index contributed by atoms with van der Waals surface area (Å²) in [7, 11) is -2.37. The van der Waals surface area contributed by atoms with Crippen LogP contribution in [-0.2, 0) is 10.0 Å². The van der Waals surface area contributed by atoms with Crippen LogP contribution in [0.4, 0.5) is 4.39 Å². The summed E-state index contributed by atoms with van der Waals surface area (Å²) in [4.78, 5) is -0.461. The number of benzene rings is 1. The lowest BCUT2D eigenvalue weighted by atomic mass is 10.2. The fraction of sp³-hybridized carbons (Fsp3) is 0.417. The second kappa shape index (κ2) is 5.94. The van der Waals surface area contributed by atoms with E-state index in [1.54, 1.807) is 6.92 Å². The molecule has 0 amide bonds. The SMILES string of the molecule is CCC(C)N(C)S(=O)(=O)c1cccc(F)c1C(N)=S. The molecule has 7 heteroatoms. The van der Waals surface area contributed by atoms with E-state index in [9.17, 15) is 12.8 Å². The van der Waals surface area contributed by atoms with Gasteiger partial charge in [-0.05, 0) is 25.5 Å². The van der Waals surface area contributed by atoms with Crippen LogP contribution in [0.1, 0.15) is 25.8 Å². The lowest BCUT2D eigenvalue weighted by molar-refractivity contribution is 0.380. The van der Waals surface area contributed by atoms with Crippen molar-refractivity contribution in [1.29, 1.82) is 0 Å².